The van der Waals surface area contributed by atoms with Crippen LogP contribution in [0.15, 0.2) is 24.3 Å². The van der Waals surface area contributed by atoms with Crippen LogP contribution in [-0.2, 0) is 16.0 Å². The van der Waals surface area contributed by atoms with Crippen LogP contribution in [0.1, 0.15) is 31.2 Å². The molecule has 0 radical (unpaired) electrons. The maximum absolute atomic E-state index is 12.0. The Morgan fingerprint density at radius 3 is 2.36 bits per heavy atom. The van der Waals surface area contributed by atoms with Crippen LogP contribution in [0, 0.1) is 16.0 Å². The quantitative estimate of drug-likeness (QED) is 0.616. The molecule has 1 aromatic carbocycles. The molecule has 1 aliphatic rings. The summed E-state index contributed by atoms with van der Waals surface area (Å²) in [5, 5.41) is 22.4. The number of amides is 1. The van der Waals surface area contributed by atoms with Crippen molar-refractivity contribution in [3.63, 3.8) is 0 Å². The lowest BCUT2D eigenvalue weighted by Crippen LogP contribution is -2.44. The predicted molar refractivity (Wildman–Crippen MR) is 78.3 cm³/mol. The standard InChI is InChI=1S/C15H18N2O5/c18-14(11-3-1-2-4-11)16-13(15(19)20)9-10-5-7-12(8-6-10)17(21)22/h5-8,11,13H,1-4,9H2,(H,16,18)(H,19,20)/t13-/m0/s1. The van der Waals surface area contributed by atoms with E-state index in [0.29, 0.717) is 5.56 Å². The Morgan fingerprint density at radius 1 is 1.27 bits per heavy atom. The third-order valence-electron chi connectivity index (χ3n) is 3.93. The van der Waals surface area contributed by atoms with Gasteiger partial charge in [0.25, 0.3) is 5.69 Å². The summed E-state index contributed by atoms with van der Waals surface area (Å²) < 4.78 is 0. The molecule has 7 nitrogen and oxygen atoms in total. The Hall–Kier alpha value is -2.44. The summed E-state index contributed by atoms with van der Waals surface area (Å²) in [7, 11) is 0. The minimum Gasteiger partial charge on any atom is -0.480 e. The number of hydrogen-bond acceptors (Lipinski definition) is 4. The van der Waals surface area contributed by atoms with E-state index >= 15 is 0 Å². The molecule has 118 valence electrons. The molecule has 1 atom stereocenters. The Balaban J connectivity index is 2.00. The number of rotatable bonds is 6. The predicted octanol–water partition coefficient (Wildman–Crippen LogP) is 1.90. The van der Waals surface area contributed by atoms with E-state index in [1.807, 2.05) is 0 Å². The fourth-order valence-electron chi connectivity index (χ4n) is 2.67. The van der Waals surface area contributed by atoms with E-state index in [2.05, 4.69) is 5.32 Å². The number of hydrogen-bond donors (Lipinski definition) is 2. The van der Waals surface area contributed by atoms with Crippen molar-refractivity contribution in [2.24, 2.45) is 5.92 Å². The smallest absolute Gasteiger partial charge is 0.326 e. The number of nitro benzene ring substituents is 1. The number of carboxylic acid groups (broad SMARTS) is 1. The zero-order valence-electron chi connectivity index (χ0n) is 12.0. The molecular weight excluding hydrogens is 288 g/mol. The first-order valence-corrected chi connectivity index (χ1v) is 7.24. The molecule has 0 heterocycles. The summed E-state index contributed by atoms with van der Waals surface area (Å²) in [6.07, 6.45) is 3.70. The first-order chi connectivity index (χ1) is 10.5. The normalized spacial score (nSPS) is 16.2. The summed E-state index contributed by atoms with van der Waals surface area (Å²) in [5.74, 6) is -1.42. The number of aliphatic carboxylic acids is 1. The molecule has 22 heavy (non-hydrogen) atoms. The molecule has 2 N–H and O–H groups in total. The third-order valence-corrected chi connectivity index (χ3v) is 3.93. The molecule has 0 unspecified atom stereocenters. The highest BCUT2D eigenvalue weighted by Crippen LogP contribution is 2.25. The molecule has 1 aliphatic carbocycles. The molecule has 0 aromatic heterocycles. The van der Waals surface area contributed by atoms with Crippen molar-refractivity contribution >= 4 is 17.6 Å². The minimum absolute atomic E-state index is 0.0504. The zero-order valence-corrected chi connectivity index (χ0v) is 12.0. The molecule has 7 heteroatoms. The Bertz CT molecular complexity index is 564. The van der Waals surface area contributed by atoms with E-state index in [4.69, 9.17) is 0 Å². The van der Waals surface area contributed by atoms with Crippen molar-refractivity contribution in [2.45, 2.75) is 38.1 Å². The molecule has 1 fully saturated rings. The van der Waals surface area contributed by atoms with Gasteiger partial charge in [-0.05, 0) is 18.4 Å². The molecule has 0 bridgehead atoms. The van der Waals surface area contributed by atoms with E-state index in [0.717, 1.165) is 25.7 Å². The maximum atomic E-state index is 12.0. The molecule has 1 amide bonds. The summed E-state index contributed by atoms with van der Waals surface area (Å²) in [4.78, 5) is 33.4. The van der Waals surface area contributed by atoms with Crippen molar-refractivity contribution in [1.29, 1.82) is 0 Å². The number of non-ortho nitro benzene ring substituents is 1. The van der Waals surface area contributed by atoms with Gasteiger partial charge in [0.15, 0.2) is 0 Å². The van der Waals surface area contributed by atoms with Crippen molar-refractivity contribution in [3.05, 3.63) is 39.9 Å². The van der Waals surface area contributed by atoms with Crippen molar-refractivity contribution in [3.8, 4) is 0 Å². The van der Waals surface area contributed by atoms with Crippen LogP contribution in [0.5, 0.6) is 0 Å². The van der Waals surface area contributed by atoms with Gasteiger partial charge in [-0.25, -0.2) is 4.79 Å². The molecule has 0 spiro atoms. The highest BCUT2D eigenvalue weighted by atomic mass is 16.6. The van der Waals surface area contributed by atoms with E-state index in [1.165, 1.54) is 24.3 Å². The van der Waals surface area contributed by atoms with Gasteiger partial charge >= 0.3 is 5.97 Å². The van der Waals surface area contributed by atoms with Gasteiger partial charge in [0.1, 0.15) is 6.04 Å². The van der Waals surface area contributed by atoms with Crippen LogP contribution in [-0.4, -0.2) is 27.9 Å². The number of nitro groups is 1. The fourth-order valence-corrected chi connectivity index (χ4v) is 2.67. The van der Waals surface area contributed by atoms with Crippen LogP contribution >= 0.6 is 0 Å². The molecule has 1 aromatic rings. The lowest BCUT2D eigenvalue weighted by Gasteiger charge is -2.17. The highest BCUT2D eigenvalue weighted by molar-refractivity contribution is 5.85. The van der Waals surface area contributed by atoms with Gasteiger partial charge in [-0.15, -0.1) is 0 Å². The molecule has 2 rings (SSSR count). The van der Waals surface area contributed by atoms with Crippen molar-refractivity contribution in [1.82, 2.24) is 5.32 Å². The molecule has 0 saturated heterocycles. The van der Waals surface area contributed by atoms with E-state index in [1.54, 1.807) is 0 Å². The average Bonchev–Trinajstić information content (AvgIpc) is 3.01. The van der Waals surface area contributed by atoms with Gasteiger partial charge in [-0.1, -0.05) is 25.0 Å². The van der Waals surface area contributed by atoms with Crippen LogP contribution in [0.3, 0.4) is 0 Å². The second-order valence-corrected chi connectivity index (χ2v) is 5.51. The maximum Gasteiger partial charge on any atom is 0.326 e. The fraction of sp³-hybridized carbons (Fsp3) is 0.467. The highest BCUT2D eigenvalue weighted by Gasteiger charge is 2.27. The van der Waals surface area contributed by atoms with Gasteiger partial charge in [0.2, 0.25) is 5.91 Å². The van der Waals surface area contributed by atoms with E-state index < -0.39 is 16.9 Å². The first-order valence-electron chi connectivity index (χ1n) is 7.24. The van der Waals surface area contributed by atoms with Crippen LogP contribution in [0.2, 0.25) is 0 Å². The van der Waals surface area contributed by atoms with E-state index in [-0.39, 0.29) is 23.9 Å². The zero-order chi connectivity index (χ0) is 16.1. The largest absolute Gasteiger partial charge is 0.480 e. The lowest BCUT2D eigenvalue weighted by atomic mass is 10.0. The topological polar surface area (TPSA) is 110 Å². The van der Waals surface area contributed by atoms with Crippen molar-refractivity contribution in [2.75, 3.05) is 0 Å². The Morgan fingerprint density at radius 2 is 1.86 bits per heavy atom. The number of benzene rings is 1. The third kappa shape index (κ3) is 4.03. The SMILES string of the molecule is O=C(N[C@@H](Cc1ccc([N+](=O)[O-])cc1)C(=O)O)C1CCCC1. The van der Waals surface area contributed by atoms with Gasteiger partial charge in [0, 0.05) is 24.5 Å². The number of carbonyl (C=O) groups is 2. The minimum atomic E-state index is -1.11. The van der Waals surface area contributed by atoms with Gasteiger partial charge in [-0.2, -0.15) is 0 Å². The van der Waals surface area contributed by atoms with Crippen LogP contribution in [0.25, 0.3) is 0 Å². The summed E-state index contributed by atoms with van der Waals surface area (Å²) in [5.41, 5.74) is 0.579. The molecule has 0 aliphatic heterocycles. The first kappa shape index (κ1) is 15.9. The number of carboxylic acids is 1. The molecule has 1 saturated carbocycles. The van der Waals surface area contributed by atoms with Gasteiger partial charge in [0.05, 0.1) is 4.92 Å². The second kappa shape index (κ2) is 7.02. The average molecular weight is 306 g/mol. The van der Waals surface area contributed by atoms with Gasteiger partial charge in [-0.3, -0.25) is 14.9 Å². The summed E-state index contributed by atoms with van der Waals surface area (Å²) in [6.45, 7) is 0. The number of nitrogens with zero attached hydrogens (tertiary/aromatic N) is 1. The van der Waals surface area contributed by atoms with Crippen LogP contribution in [0.4, 0.5) is 5.69 Å². The molecular formula is C15H18N2O5. The lowest BCUT2D eigenvalue weighted by molar-refractivity contribution is -0.384. The van der Waals surface area contributed by atoms with E-state index in [9.17, 15) is 24.8 Å². The van der Waals surface area contributed by atoms with Crippen molar-refractivity contribution < 1.29 is 19.6 Å². The second-order valence-electron chi connectivity index (χ2n) is 5.51. The number of carbonyl (C=O) groups excluding carboxylic acids is 1. The van der Waals surface area contributed by atoms with Gasteiger partial charge < -0.3 is 10.4 Å². The number of nitrogens with one attached hydrogen (secondary N) is 1. The Labute approximate surface area is 127 Å². The summed E-state index contributed by atoms with van der Waals surface area (Å²) >= 11 is 0. The Kier molecular flexibility index (Phi) is 5.08. The van der Waals surface area contributed by atoms with Crippen LogP contribution < -0.4 is 5.32 Å². The summed E-state index contributed by atoms with van der Waals surface area (Å²) in [6, 6.07) is 4.65. The monoisotopic (exact) mass is 306 g/mol.